The second-order valence-corrected chi connectivity index (χ2v) is 10.6. The van der Waals surface area contributed by atoms with Crippen LogP contribution in [0.3, 0.4) is 0 Å². The zero-order valence-electron chi connectivity index (χ0n) is 23.8. The van der Waals surface area contributed by atoms with E-state index in [1.807, 2.05) is 90.0 Å². The van der Waals surface area contributed by atoms with Gasteiger partial charge in [-0.1, -0.05) is 60.2 Å². The van der Waals surface area contributed by atoms with Gasteiger partial charge in [0.2, 0.25) is 0 Å². The highest BCUT2D eigenvalue weighted by Gasteiger charge is 2.23. The largest absolute Gasteiger partial charge is 0.457 e. The molecular formula is C36H30N5O+. The molecule has 6 heteroatoms. The Morgan fingerprint density at radius 2 is 1.40 bits per heavy atom. The van der Waals surface area contributed by atoms with Gasteiger partial charge in [0.15, 0.2) is 5.52 Å². The molecule has 0 radical (unpaired) electrons. The van der Waals surface area contributed by atoms with Gasteiger partial charge in [0, 0.05) is 30.1 Å². The second-order valence-electron chi connectivity index (χ2n) is 10.6. The molecule has 7 aromatic rings. The lowest BCUT2D eigenvalue weighted by atomic mass is 10.0. The maximum absolute atomic E-state index is 6.37. The van der Waals surface area contributed by atoms with Crippen LogP contribution >= 0.6 is 0 Å². The summed E-state index contributed by atoms with van der Waals surface area (Å²) in [5, 5.41) is 4.59. The van der Waals surface area contributed by atoms with Gasteiger partial charge in [-0.15, -0.1) is 0 Å². The minimum absolute atomic E-state index is 0.734. The SMILES string of the molecule is Cc1cc(C)c(-[n+]2cn(-c3cccc(Oc4cccc(-n5cc(-c6ccccc6)cn5)c4)c3)c3ncccc32)c(C)c1. The smallest absolute Gasteiger partial charge is 0.274 e. The number of imidazole rings is 1. The molecule has 0 bridgehead atoms. The monoisotopic (exact) mass is 548 g/mol. The summed E-state index contributed by atoms with van der Waals surface area (Å²) in [6.07, 6.45) is 7.87. The van der Waals surface area contributed by atoms with E-state index in [1.54, 1.807) is 0 Å². The van der Waals surface area contributed by atoms with E-state index in [0.29, 0.717) is 0 Å². The first-order chi connectivity index (χ1) is 20.5. The first kappa shape index (κ1) is 25.5. The molecule has 0 spiro atoms. The van der Waals surface area contributed by atoms with E-state index in [2.05, 4.69) is 77.7 Å². The molecule has 3 aromatic heterocycles. The minimum atomic E-state index is 0.734. The van der Waals surface area contributed by atoms with Crippen LogP contribution in [-0.4, -0.2) is 19.3 Å². The standard InChI is InChI=1S/C36H30N5O/c1-25-18-26(2)35(27(3)19-25)40-24-39(36-34(40)16-9-17-37-36)30-12-7-14-32(20-30)42-33-15-8-13-31(21-33)41-23-29(22-38-41)28-10-5-4-6-11-28/h4-24H,1-3H3/q+1. The normalized spacial score (nSPS) is 11.2. The average molecular weight is 549 g/mol. The highest BCUT2D eigenvalue weighted by Crippen LogP contribution is 2.28. The summed E-state index contributed by atoms with van der Waals surface area (Å²) in [5.74, 6) is 1.47. The molecule has 0 aliphatic rings. The Morgan fingerprint density at radius 3 is 2.17 bits per heavy atom. The number of nitrogens with zero attached hydrogens (tertiary/aromatic N) is 5. The van der Waals surface area contributed by atoms with Crippen molar-refractivity contribution in [1.29, 1.82) is 0 Å². The van der Waals surface area contributed by atoms with E-state index >= 15 is 0 Å². The summed E-state index contributed by atoms with van der Waals surface area (Å²) < 4.78 is 12.6. The molecule has 0 atom stereocenters. The number of ether oxygens (including phenoxy) is 1. The highest BCUT2D eigenvalue weighted by atomic mass is 16.5. The summed E-state index contributed by atoms with van der Waals surface area (Å²) in [4.78, 5) is 4.75. The number of aromatic nitrogens is 5. The van der Waals surface area contributed by atoms with Crippen LogP contribution < -0.4 is 9.30 Å². The van der Waals surface area contributed by atoms with Crippen molar-refractivity contribution in [3.8, 4) is 39.7 Å². The summed E-state index contributed by atoms with van der Waals surface area (Å²) in [5.41, 5.74) is 10.9. The second kappa shape index (κ2) is 10.5. The van der Waals surface area contributed by atoms with Crippen molar-refractivity contribution in [2.75, 3.05) is 0 Å². The summed E-state index contributed by atoms with van der Waals surface area (Å²) in [6, 6.07) is 34.9. The van der Waals surface area contributed by atoms with Gasteiger partial charge in [0.25, 0.3) is 12.0 Å². The van der Waals surface area contributed by atoms with Crippen LogP contribution in [-0.2, 0) is 0 Å². The number of benzene rings is 4. The highest BCUT2D eigenvalue weighted by molar-refractivity contribution is 5.70. The number of aryl methyl sites for hydroxylation is 3. The molecule has 0 aliphatic heterocycles. The Labute approximate surface area is 244 Å². The van der Waals surface area contributed by atoms with Crippen LogP contribution in [0.25, 0.3) is 39.4 Å². The Bertz CT molecular complexity index is 2030. The van der Waals surface area contributed by atoms with E-state index in [4.69, 9.17) is 9.72 Å². The lowest BCUT2D eigenvalue weighted by molar-refractivity contribution is -0.568. The van der Waals surface area contributed by atoms with Gasteiger partial charge in [-0.25, -0.2) is 9.67 Å². The van der Waals surface area contributed by atoms with Crippen LogP contribution in [0.15, 0.2) is 128 Å². The van der Waals surface area contributed by atoms with Crippen molar-refractivity contribution in [3.63, 3.8) is 0 Å². The third kappa shape index (κ3) is 4.73. The predicted octanol–water partition coefficient (Wildman–Crippen LogP) is 7.87. The lowest BCUT2D eigenvalue weighted by Gasteiger charge is -2.09. The molecular weight excluding hydrogens is 518 g/mol. The molecule has 0 saturated heterocycles. The maximum atomic E-state index is 6.37. The molecule has 4 aromatic carbocycles. The molecule has 0 unspecified atom stereocenters. The van der Waals surface area contributed by atoms with E-state index in [0.717, 1.165) is 45.2 Å². The molecule has 204 valence electrons. The molecule has 7 rings (SSSR count). The molecule has 6 nitrogen and oxygen atoms in total. The quantitative estimate of drug-likeness (QED) is 0.199. The van der Waals surface area contributed by atoms with Gasteiger partial charge in [0.05, 0.1) is 11.9 Å². The Morgan fingerprint density at radius 1 is 0.690 bits per heavy atom. The van der Waals surface area contributed by atoms with Gasteiger partial charge in [-0.2, -0.15) is 14.2 Å². The van der Waals surface area contributed by atoms with Gasteiger partial charge in [0.1, 0.15) is 22.9 Å². The van der Waals surface area contributed by atoms with Gasteiger partial charge >= 0.3 is 0 Å². The zero-order chi connectivity index (χ0) is 28.6. The van der Waals surface area contributed by atoms with Crippen LogP contribution in [0.1, 0.15) is 16.7 Å². The predicted molar refractivity (Wildman–Crippen MR) is 166 cm³/mol. The summed E-state index contributed by atoms with van der Waals surface area (Å²) in [7, 11) is 0. The lowest BCUT2D eigenvalue weighted by Crippen LogP contribution is -2.31. The van der Waals surface area contributed by atoms with Crippen molar-refractivity contribution in [1.82, 2.24) is 19.3 Å². The van der Waals surface area contributed by atoms with Crippen molar-refractivity contribution in [2.45, 2.75) is 20.8 Å². The number of hydrogen-bond donors (Lipinski definition) is 0. The van der Waals surface area contributed by atoms with E-state index in [1.165, 1.54) is 22.4 Å². The van der Waals surface area contributed by atoms with Gasteiger partial charge < -0.3 is 4.74 Å². The number of rotatable bonds is 6. The van der Waals surface area contributed by atoms with Crippen LogP contribution in [0.2, 0.25) is 0 Å². The Kier molecular flexibility index (Phi) is 6.36. The van der Waals surface area contributed by atoms with Crippen LogP contribution in [0.4, 0.5) is 0 Å². The van der Waals surface area contributed by atoms with Crippen LogP contribution in [0.5, 0.6) is 11.5 Å². The van der Waals surface area contributed by atoms with Crippen molar-refractivity contribution < 1.29 is 9.30 Å². The van der Waals surface area contributed by atoms with Crippen LogP contribution in [0, 0.1) is 20.8 Å². The molecule has 0 amide bonds. The fourth-order valence-corrected chi connectivity index (χ4v) is 5.68. The molecule has 0 N–H and O–H groups in total. The maximum Gasteiger partial charge on any atom is 0.274 e. The topological polar surface area (TPSA) is 48.8 Å². The van der Waals surface area contributed by atoms with Crippen molar-refractivity contribution >= 4 is 11.2 Å². The van der Waals surface area contributed by atoms with Crippen molar-refractivity contribution in [3.05, 3.63) is 145 Å². The van der Waals surface area contributed by atoms with E-state index in [9.17, 15) is 0 Å². The Hall–Kier alpha value is -5.49. The molecule has 0 aliphatic carbocycles. The number of pyridine rings is 1. The fourth-order valence-electron chi connectivity index (χ4n) is 5.68. The zero-order valence-corrected chi connectivity index (χ0v) is 23.8. The molecule has 3 heterocycles. The summed E-state index contributed by atoms with van der Waals surface area (Å²) >= 11 is 0. The van der Waals surface area contributed by atoms with Crippen molar-refractivity contribution in [2.24, 2.45) is 0 Å². The number of hydrogen-bond acceptors (Lipinski definition) is 3. The fraction of sp³-hybridized carbons (Fsp3) is 0.0833. The first-order valence-electron chi connectivity index (χ1n) is 14.0. The van der Waals surface area contributed by atoms with E-state index < -0.39 is 0 Å². The third-order valence-electron chi connectivity index (χ3n) is 7.46. The van der Waals surface area contributed by atoms with Gasteiger partial charge in [-0.3, -0.25) is 0 Å². The Balaban J connectivity index is 1.22. The summed E-state index contributed by atoms with van der Waals surface area (Å²) in [6.45, 7) is 6.46. The van der Waals surface area contributed by atoms with E-state index in [-0.39, 0.29) is 0 Å². The molecule has 42 heavy (non-hydrogen) atoms. The first-order valence-corrected chi connectivity index (χ1v) is 14.0. The average Bonchev–Trinajstić information content (AvgIpc) is 3.64. The number of fused-ring (bicyclic) bond motifs is 1. The molecule has 0 saturated carbocycles. The minimum Gasteiger partial charge on any atom is -0.457 e. The molecule has 0 fully saturated rings. The third-order valence-corrected chi connectivity index (χ3v) is 7.46. The van der Waals surface area contributed by atoms with Gasteiger partial charge in [-0.05, 0) is 73.9 Å².